The Balaban J connectivity index is 1.92. The summed E-state index contributed by atoms with van der Waals surface area (Å²) in [5, 5.41) is 0. The number of pyridine rings is 1. The van der Waals surface area contributed by atoms with Crippen molar-refractivity contribution in [2.45, 2.75) is 19.8 Å². The second-order valence-electron chi connectivity index (χ2n) is 3.45. The predicted octanol–water partition coefficient (Wildman–Crippen LogP) is 2.18. The first kappa shape index (κ1) is 7.59. The lowest BCUT2D eigenvalue weighted by molar-refractivity contribution is 0.298. The number of hydrogen-bond donors (Lipinski definition) is 0. The third-order valence-corrected chi connectivity index (χ3v) is 2.03. The molecule has 0 aliphatic heterocycles. The highest BCUT2D eigenvalue weighted by Gasteiger charge is 2.21. The summed E-state index contributed by atoms with van der Waals surface area (Å²) in [4.78, 5) is 4.06. The van der Waals surface area contributed by atoms with Crippen LogP contribution in [-0.4, -0.2) is 11.6 Å². The molecular formula is C10H13NO. The lowest BCUT2D eigenvalue weighted by atomic mass is 10.3. The topological polar surface area (TPSA) is 22.1 Å². The van der Waals surface area contributed by atoms with Gasteiger partial charge in [-0.05, 0) is 37.3 Å². The number of hydrogen-bond acceptors (Lipinski definition) is 2. The molecule has 1 aromatic rings. The summed E-state index contributed by atoms with van der Waals surface area (Å²) < 4.78 is 5.55. The van der Waals surface area contributed by atoms with Gasteiger partial charge in [0, 0.05) is 6.20 Å². The Morgan fingerprint density at radius 3 is 3.00 bits per heavy atom. The molecule has 0 spiro atoms. The molecule has 0 radical (unpaired) electrons. The van der Waals surface area contributed by atoms with Crippen LogP contribution >= 0.6 is 0 Å². The highest BCUT2D eigenvalue weighted by atomic mass is 16.5. The zero-order valence-electron chi connectivity index (χ0n) is 7.29. The predicted molar refractivity (Wildman–Crippen MR) is 47.2 cm³/mol. The third-order valence-electron chi connectivity index (χ3n) is 2.03. The second-order valence-corrected chi connectivity index (χ2v) is 3.45. The van der Waals surface area contributed by atoms with Crippen LogP contribution in [0.25, 0.3) is 0 Å². The van der Waals surface area contributed by atoms with E-state index in [2.05, 4.69) is 4.98 Å². The molecule has 1 aromatic heterocycles. The van der Waals surface area contributed by atoms with E-state index in [9.17, 15) is 0 Å². The van der Waals surface area contributed by atoms with E-state index >= 15 is 0 Å². The SMILES string of the molecule is Cc1cncc(OCC2CC2)c1. The van der Waals surface area contributed by atoms with Gasteiger partial charge < -0.3 is 4.74 Å². The molecule has 0 aromatic carbocycles. The lowest BCUT2D eigenvalue weighted by Crippen LogP contribution is -1.99. The normalized spacial score (nSPS) is 16.1. The van der Waals surface area contributed by atoms with Crippen molar-refractivity contribution in [1.29, 1.82) is 0 Å². The molecule has 12 heavy (non-hydrogen) atoms. The fourth-order valence-electron chi connectivity index (χ4n) is 1.10. The van der Waals surface area contributed by atoms with Crippen molar-refractivity contribution >= 4 is 0 Å². The molecule has 2 rings (SSSR count). The van der Waals surface area contributed by atoms with Gasteiger partial charge in [-0.3, -0.25) is 4.98 Å². The van der Waals surface area contributed by atoms with E-state index in [1.807, 2.05) is 19.2 Å². The number of rotatable bonds is 3. The average molecular weight is 163 g/mol. The second kappa shape index (κ2) is 3.13. The van der Waals surface area contributed by atoms with E-state index < -0.39 is 0 Å². The summed E-state index contributed by atoms with van der Waals surface area (Å²) in [6.45, 7) is 2.89. The summed E-state index contributed by atoms with van der Waals surface area (Å²) in [6.07, 6.45) is 6.28. The van der Waals surface area contributed by atoms with Gasteiger partial charge in [-0.2, -0.15) is 0 Å². The van der Waals surface area contributed by atoms with Gasteiger partial charge in [-0.15, -0.1) is 0 Å². The molecule has 1 saturated carbocycles. The molecule has 0 atom stereocenters. The molecule has 0 bridgehead atoms. The van der Waals surface area contributed by atoms with Crippen molar-refractivity contribution in [3.63, 3.8) is 0 Å². The van der Waals surface area contributed by atoms with Crippen molar-refractivity contribution in [3.8, 4) is 5.75 Å². The van der Waals surface area contributed by atoms with Crippen molar-refractivity contribution in [3.05, 3.63) is 24.0 Å². The number of ether oxygens (including phenoxy) is 1. The molecule has 2 nitrogen and oxygen atoms in total. The molecule has 0 amide bonds. The van der Waals surface area contributed by atoms with Gasteiger partial charge in [0.25, 0.3) is 0 Å². The maximum atomic E-state index is 5.55. The van der Waals surface area contributed by atoms with Crippen molar-refractivity contribution in [1.82, 2.24) is 4.98 Å². The first-order valence-corrected chi connectivity index (χ1v) is 4.39. The van der Waals surface area contributed by atoms with Crippen LogP contribution in [0.1, 0.15) is 18.4 Å². The maximum Gasteiger partial charge on any atom is 0.137 e. The smallest absolute Gasteiger partial charge is 0.137 e. The zero-order valence-corrected chi connectivity index (χ0v) is 7.29. The van der Waals surface area contributed by atoms with Crippen molar-refractivity contribution in [2.24, 2.45) is 5.92 Å². The van der Waals surface area contributed by atoms with Crippen molar-refractivity contribution < 1.29 is 4.74 Å². The molecule has 1 heterocycles. The Morgan fingerprint density at radius 1 is 1.50 bits per heavy atom. The summed E-state index contributed by atoms with van der Waals surface area (Å²) in [6, 6.07) is 2.02. The van der Waals surface area contributed by atoms with Crippen LogP contribution in [0.3, 0.4) is 0 Å². The van der Waals surface area contributed by atoms with E-state index in [-0.39, 0.29) is 0 Å². The standard InChI is InChI=1S/C10H13NO/c1-8-4-10(6-11-5-8)12-7-9-2-3-9/h4-6,9H,2-3,7H2,1H3. The zero-order chi connectivity index (χ0) is 8.39. The van der Waals surface area contributed by atoms with Crippen LogP contribution < -0.4 is 4.74 Å². The van der Waals surface area contributed by atoms with Crippen molar-refractivity contribution in [2.75, 3.05) is 6.61 Å². The van der Waals surface area contributed by atoms with Gasteiger partial charge >= 0.3 is 0 Å². The number of aryl methyl sites for hydroxylation is 1. The van der Waals surface area contributed by atoms with Gasteiger partial charge in [-0.1, -0.05) is 0 Å². The Bertz CT molecular complexity index is 268. The number of aromatic nitrogens is 1. The monoisotopic (exact) mass is 163 g/mol. The van der Waals surface area contributed by atoms with Gasteiger partial charge in [0.2, 0.25) is 0 Å². The summed E-state index contributed by atoms with van der Waals surface area (Å²) >= 11 is 0. The third kappa shape index (κ3) is 1.97. The molecule has 2 heteroatoms. The Hall–Kier alpha value is -1.05. The lowest BCUT2D eigenvalue weighted by Gasteiger charge is -2.04. The van der Waals surface area contributed by atoms with E-state index in [0.717, 1.165) is 23.8 Å². The van der Waals surface area contributed by atoms with E-state index in [4.69, 9.17) is 4.74 Å². The van der Waals surface area contributed by atoms with Crippen LogP contribution in [0.5, 0.6) is 5.75 Å². The highest BCUT2D eigenvalue weighted by molar-refractivity contribution is 5.22. The largest absolute Gasteiger partial charge is 0.492 e. The van der Waals surface area contributed by atoms with E-state index in [1.165, 1.54) is 12.8 Å². The molecule has 1 aliphatic carbocycles. The highest BCUT2D eigenvalue weighted by Crippen LogP contribution is 2.29. The minimum absolute atomic E-state index is 0.811. The molecule has 1 fully saturated rings. The summed E-state index contributed by atoms with van der Waals surface area (Å²) in [7, 11) is 0. The summed E-state index contributed by atoms with van der Waals surface area (Å²) in [5.74, 6) is 1.72. The van der Waals surface area contributed by atoms with Gasteiger partial charge in [0.05, 0.1) is 12.8 Å². The van der Waals surface area contributed by atoms with E-state index in [0.29, 0.717) is 0 Å². The fraction of sp³-hybridized carbons (Fsp3) is 0.500. The first-order chi connectivity index (χ1) is 5.84. The molecule has 0 saturated heterocycles. The molecule has 64 valence electrons. The molecular weight excluding hydrogens is 150 g/mol. The van der Waals surface area contributed by atoms with Crippen LogP contribution in [0.2, 0.25) is 0 Å². The fourth-order valence-corrected chi connectivity index (χ4v) is 1.10. The first-order valence-electron chi connectivity index (χ1n) is 4.39. The maximum absolute atomic E-state index is 5.55. The Kier molecular flexibility index (Phi) is 1.98. The van der Waals surface area contributed by atoms with Gasteiger partial charge in [0.1, 0.15) is 5.75 Å². The van der Waals surface area contributed by atoms with Crippen LogP contribution in [0.4, 0.5) is 0 Å². The minimum atomic E-state index is 0.811. The quantitative estimate of drug-likeness (QED) is 0.681. The van der Waals surface area contributed by atoms with Crippen LogP contribution in [0, 0.1) is 12.8 Å². The summed E-state index contributed by atoms with van der Waals surface area (Å²) in [5.41, 5.74) is 1.16. The molecule has 0 N–H and O–H groups in total. The average Bonchev–Trinajstić information content (AvgIpc) is 2.84. The van der Waals surface area contributed by atoms with Gasteiger partial charge in [0.15, 0.2) is 0 Å². The van der Waals surface area contributed by atoms with Crippen LogP contribution in [0.15, 0.2) is 18.5 Å². The Morgan fingerprint density at radius 2 is 2.33 bits per heavy atom. The molecule has 0 unspecified atom stereocenters. The minimum Gasteiger partial charge on any atom is -0.492 e. The van der Waals surface area contributed by atoms with E-state index in [1.54, 1.807) is 6.20 Å². The van der Waals surface area contributed by atoms with Gasteiger partial charge in [-0.25, -0.2) is 0 Å². The molecule has 1 aliphatic rings. The Labute approximate surface area is 72.6 Å². The van der Waals surface area contributed by atoms with Crippen LogP contribution in [-0.2, 0) is 0 Å². The number of nitrogens with zero attached hydrogens (tertiary/aromatic N) is 1.